The zero-order valence-corrected chi connectivity index (χ0v) is 13.7. The van der Waals surface area contributed by atoms with Gasteiger partial charge in [-0.05, 0) is 58.8 Å². The minimum Gasteiger partial charge on any atom is -0.444 e. The first-order chi connectivity index (χ1) is 9.83. The van der Waals surface area contributed by atoms with Crippen molar-refractivity contribution in [2.45, 2.75) is 83.0 Å². The van der Waals surface area contributed by atoms with Gasteiger partial charge in [0.2, 0.25) is 0 Å². The largest absolute Gasteiger partial charge is 0.444 e. The molecule has 2 aliphatic rings. The van der Waals surface area contributed by atoms with Gasteiger partial charge in [-0.15, -0.1) is 0 Å². The highest BCUT2D eigenvalue weighted by molar-refractivity contribution is 5.68. The van der Waals surface area contributed by atoms with Crippen LogP contribution in [0.4, 0.5) is 4.79 Å². The van der Waals surface area contributed by atoms with Crippen molar-refractivity contribution in [1.82, 2.24) is 10.6 Å². The normalized spacial score (nSPS) is 28.0. The third-order valence-electron chi connectivity index (χ3n) is 4.23. The Kier molecular flexibility index (Phi) is 5.49. The van der Waals surface area contributed by atoms with Crippen molar-refractivity contribution in [2.75, 3.05) is 6.54 Å². The van der Waals surface area contributed by atoms with Gasteiger partial charge in [-0.1, -0.05) is 6.42 Å². The smallest absolute Gasteiger partial charge is 0.407 e. The van der Waals surface area contributed by atoms with Crippen molar-refractivity contribution < 1.29 is 9.53 Å². The lowest BCUT2D eigenvalue weighted by atomic mass is 9.91. The molecule has 2 aliphatic carbocycles. The topological polar surface area (TPSA) is 76.4 Å². The van der Waals surface area contributed by atoms with E-state index in [1.807, 2.05) is 20.8 Å². The average Bonchev–Trinajstić information content (AvgIpc) is 3.16. The van der Waals surface area contributed by atoms with Crippen molar-refractivity contribution >= 4 is 6.09 Å². The summed E-state index contributed by atoms with van der Waals surface area (Å²) in [7, 11) is 0. The van der Waals surface area contributed by atoms with Crippen LogP contribution in [0.25, 0.3) is 0 Å². The molecule has 0 saturated heterocycles. The molecule has 3 atom stereocenters. The number of hydrogen-bond acceptors (Lipinski definition) is 4. The summed E-state index contributed by atoms with van der Waals surface area (Å²) >= 11 is 0. The Hall–Kier alpha value is -0.810. The van der Waals surface area contributed by atoms with E-state index in [-0.39, 0.29) is 12.1 Å². The Balaban J connectivity index is 1.75. The molecule has 0 aromatic heterocycles. The second kappa shape index (κ2) is 6.97. The molecule has 122 valence electrons. The fourth-order valence-corrected chi connectivity index (χ4v) is 3.00. The van der Waals surface area contributed by atoms with E-state index in [4.69, 9.17) is 10.5 Å². The molecule has 0 aromatic rings. The SMILES string of the molecule is CC(C)(C)OC(=O)NC(CNC1CCCC(N)C1)C1CC1. The van der Waals surface area contributed by atoms with Gasteiger partial charge in [0.1, 0.15) is 5.60 Å². The van der Waals surface area contributed by atoms with Crippen molar-refractivity contribution in [3.8, 4) is 0 Å². The first-order valence-electron chi connectivity index (χ1n) is 8.32. The van der Waals surface area contributed by atoms with E-state index in [1.54, 1.807) is 0 Å². The number of rotatable bonds is 5. The molecular weight excluding hydrogens is 266 g/mol. The lowest BCUT2D eigenvalue weighted by Crippen LogP contribution is -2.49. The lowest BCUT2D eigenvalue weighted by molar-refractivity contribution is 0.0496. The van der Waals surface area contributed by atoms with Gasteiger partial charge < -0.3 is 21.1 Å². The summed E-state index contributed by atoms with van der Waals surface area (Å²) in [4.78, 5) is 11.9. The first-order valence-corrected chi connectivity index (χ1v) is 8.32. The van der Waals surface area contributed by atoms with Crippen LogP contribution < -0.4 is 16.4 Å². The molecule has 0 radical (unpaired) electrons. The summed E-state index contributed by atoms with van der Waals surface area (Å²) in [5.41, 5.74) is 5.58. The molecule has 5 nitrogen and oxygen atoms in total. The van der Waals surface area contributed by atoms with Crippen LogP contribution in [0.15, 0.2) is 0 Å². The van der Waals surface area contributed by atoms with Crippen LogP contribution in [0.3, 0.4) is 0 Å². The molecule has 0 aliphatic heterocycles. The van der Waals surface area contributed by atoms with E-state index in [1.165, 1.54) is 25.7 Å². The number of carbonyl (C=O) groups is 1. The molecule has 5 heteroatoms. The van der Waals surface area contributed by atoms with Gasteiger partial charge in [0.25, 0.3) is 0 Å². The van der Waals surface area contributed by atoms with Crippen molar-refractivity contribution in [1.29, 1.82) is 0 Å². The lowest BCUT2D eigenvalue weighted by Gasteiger charge is -2.30. The van der Waals surface area contributed by atoms with Crippen LogP contribution in [0.5, 0.6) is 0 Å². The minimum atomic E-state index is -0.443. The van der Waals surface area contributed by atoms with Gasteiger partial charge in [0.05, 0.1) is 0 Å². The summed E-state index contributed by atoms with van der Waals surface area (Å²) < 4.78 is 5.36. The summed E-state index contributed by atoms with van der Waals surface area (Å²) in [6.45, 7) is 6.49. The molecule has 2 saturated carbocycles. The van der Waals surface area contributed by atoms with Crippen LogP contribution in [-0.2, 0) is 4.74 Å². The quantitative estimate of drug-likeness (QED) is 0.727. The second-order valence-electron chi connectivity index (χ2n) is 7.62. The van der Waals surface area contributed by atoms with Gasteiger partial charge in [0, 0.05) is 24.7 Å². The van der Waals surface area contributed by atoms with E-state index < -0.39 is 5.60 Å². The molecule has 0 spiro atoms. The maximum atomic E-state index is 11.9. The van der Waals surface area contributed by atoms with Gasteiger partial charge in [-0.25, -0.2) is 4.79 Å². The molecule has 0 aromatic carbocycles. The van der Waals surface area contributed by atoms with E-state index in [2.05, 4.69) is 10.6 Å². The van der Waals surface area contributed by atoms with Crippen molar-refractivity contribution in [3.63, 3.8) is 0 Å². The van der Waals surface area contributed by atoms with E-state index in [0.717, 1.165) is 19.4 Å². The van der Waals surface area contributed by atoms with Gasteiger partial charge in [-0.3, -0.25) is 0 Å². The molecular formula is C16H31N3O2. The zero-order chi connectivity index (χ0) is 15.5. The maximum absolute atomic E-state index is 11.9. The summed E-state index contributed by atoms with van der Waals surface area (Å²) in [6, 6.07) is 1.00. The molecule has 21 heavy (non-hydrogen) atoms. The Bertz CT molecular complexity index is 350. The van der Waals surface area contributed by atoms with Crippen molar-refractivity contribution in [3.05, 3.63) is 0 Å². The summed E-state index contributed by atoms with van der Waals surface area (Å²) in [5.74, 6) is 0.599. The number of amides is 1. The number of nitrogens with one attached hydrogen (secondary N) is 2. The van der Waals surface area contributed by atoms with Gasteiger partial charge >= 0.3 is 6.09 Å². The highest BCUT2D eigenvalue weighted by Crippen LogP contribution is 2.32. The Morgan fingerprint density at radius 1 is 1.29 bits per heavy atom. The van der Waals surface area contributed by atoms with Gasteiger partial charge in [-0.2, -0.15) is 0 Å². The van der Waals surface area contributed by atoms with Crippen LogP contribution in [0.2, 0.25) is 0 Å². The Labute approximate surface area is 128 Å². The molecule has 2 fully saturated rings. The monoisotopic (exact) mass is 297 g/mol. The highest BCUT2D eigenvalue weighted by atomic mass is 16.6. The predicted molar refractivity (Wildman–Crippen MR) is 84.1 cm³/mol. The average molecular weight is 297 g/mol. The summed E-state index contributed by atoms with van der Waals surface area (Å²) in [5, 5.41) is 6.62. The second-order valence-corrected chi connectivity index (χ2v) is 7.62. The maximum Gasteiger partial charge on any atom is 0.407 e. The van der Waals surface area contributed by atoms with Crippen LogP contribution in [0.1, 0.15) is 59.3 Å². The van der Waals surface area contributed by atoms with Crippen LogP contribution in [-0.4, -0.2) is 36.4 Å². The number of hydrogen-bond donors (Lipinski definition) is 3. The zero-order valence-electron chi connectivity index (χ0n) is 13.7. The highest BCUT2D eigenvalue weighted by Gasteiger charge is 2.33. The molecule has 0 bridgehead atoms. The third-order valence-corrected chi connectivity index (χ3v) is 4.23. The van der Waals surface area contributed by atoms with Crippen LogP contribution in [0, 0.1) is 5.92 Å². The number of carbonyl (C=O) groups excluding carboxylic acids is 1. The van der Waals surface area contributed by atoms with E-state index in [9.17, 15) is 4.79 Å². The molecule has 3 unspecified atom stereocenters. The first kappa shape index (κ1) is 16.6. The minimum absolute atomic E-state index is 0.179. The van der Waals surface area contributed by atoms with E-state index >= 15 is 0 Å². The van der Waals surface area contributed by atoms with E-state index in [0.29, 0.717) is 18.0 Å². The number of ether oxygens (including phenoxy) is 1. The Morgan fingerprint density at radius 2 is 2.00 bits per heavy atom. The number of alkyl carbamates (subject to hydrolysis) is 1. The molecule has 0 heterocycles. The standard InChI is InChI=1S/C16H31N3O2/c1-16(2,3)21-15(20)19-14(11-7-8-11)10-18-13-6-4-5-12(17)9-13/h11-14,18H,4-10,17H2,1-3H3,(H,19,20). The molecule has 1 amide bonds. The fourth-order valence-electron chi connectivity index (χ4n) is 3.00. The number of nitrogens with two attached hydrogens (primary N) is 1. The molecule has 4 N–H and O–H groups in total. The fraction of sp³-hybridized carbons (Fsp3) is 0.938. The Morgan fingerprint density at radius 3 is 2.57 bits per heavy atom. The third kappa shape index (κ3) is 6.22. The molecule has 2 rings (SSSR count). The predicted octanol–water partition coefficient (Wildman–Crippen LogP) is 2.15. The van der Waals surface area contributed by atoms with Gasteiger partial charge in [0.15, 0.2) is 0 Å². The van der Waals surface area contributed by atoms with Crippen LogP contribution >= 0.6 is 0 Å². The summed E-state index contributed by atoms with van der Waals surface area (Å²) in [6.07, 6.45) is 6.67. The van der Waals surface area contributed by atoms with Crippen molar-refractivity contribution in [2.24, 2.45) is 11.7 Å².